The smallest absolute Gasteiger partial charge is 0.302 e. The van der Waals surface area contributed by atoms with E-state index in [-0.39, 0.29) is 5.91 Å². The van der Waals surface area contributed by atoms with Gasteiger partial charge in [-0.25, -0.2) is 0 Å². The van der Waals surface area contributed by atoms with Gasteiger partial charge in [-0.15, -0.1) is 11.8 Å². The molecular weight excluding hydrogens is 206 g/mol. The minimum Gasteiger partial charge on any atom is -0.304 e. The first-order valence-corrected chi connectivity index (χ1v) is 5.76. The molecular formula is C12H13NOS. The summed E-state index contributed by atoms with van der Waals surface area (Å²) in [4.78, 5) is 14.2. The predicted molar refractivity (Wildman–Crippen MR) is 65.1 cm³/mol. The molecule has 0 N–H and O–H groups in total. The van der Waals surface area contributed by atoms with Crippen LogP contribution in [0.1, 0.15) is 6.92 Å². The minimum absolute atomic E-state index is 0.181. The van der Waals surface area contributed by atoms with Crippen molar-refractivity contribution < 1.29 is 4.79 Å². The summed E-state index contributed by atoms with van der Waals surface area (Å²) < 4.78 is 0. The fraction of sp³-hybridized carbons (Fsp3) is 0.250. The number of rotatable bonds is 2. The van der Waals surface area contributed by atoms with Crippen molar-refractivity contribution in [3.8, 4) is 11.8 Å². The normalized spacial score (nSPS) is 9.00. The highest BCUT2D eigenvalue weighted by atomic mass is 32.2. The molecule has 0 saturated carbocycles. The van der Waals surface area contributed by atoms with Crippen LogP contribution in [0.4, 0.5) is 5.69 Å². The number of nitrogens with zero attached hydrogens (tertiary/aromatic N) is 1. The number of anilines is 1. The van der Waals surface area contributed by atoms with Crippen LogP contribution in [0.15, 0.2) is 29.2 Å². The highest BCUT2D eigenvalue weighted by Gasteiger charge is 2.11. The lowest BCUT2D eigenvalue weighted by atomic mass is 10.3. The number of hydrogen-bond acceptors (Lipinski definition) is 2. The lowest BCUT2D eigenvalue weighted by molar-refractivity contribution is -0.113. The Morgan fingerprint density at radius 1 is 1.40 bits per heavy atom. The molecule has 1 amide bonds. The van der Waals surface area contributed by atoms with Gasteiger partial charge in [0.15, 0.2) is 0 Å². The molecule has 0 heterocycles. The Hall–Kier alpha value is -1.40. The number of benzene rings is 1. The van der Waals surface area contributed by atoms with Crippen molar-refractivity contribution in [2.45, 2.75) is 11.8 Å². The van der Waals surface area contributed by atoms with Crippen LogP contribution >= 0.6 is 11.8 Å². The lowest BCUT2D eigenvalue weighted by Crippen LogP contribution is -2.24. The van der Waals surface area contributed by atoms with Crippen LogP contribution in [-0.2, 0) is 4.79 Å². The summed E-state index contributed by atoms with van der Waals surface area (Å²) in [6, 6.07) is 7.78. The van der Waals surface area contributed by atoms with Crippen LogP contribution < -0.4 is 4.90 Å². The third-order valence-corrected chi connectivity index (χ3v) is 2.77. The lowest BCUT2D eigenvalue weighted by Gasteiger charge is -2.16. The van der Waals surface area contributed by atoms with E-state index >= 15 is 0 Å². The van der Waals surface area contributed by atoms with Crippen molar-refractivity contribution >= 4 is 23.4 Å². The van der Waals surface area contributed by atoms with Crippen LogP contribution in [0, 0.1) is 11.8 Å². The molecule has 3 heteroatoms. The molecule has 0 atom stereocenters. The molecule has 1 aromatic carbocycles. The third kappa shape index (κ3) is 2.77. The van der Waals surface area contributed by atoms with E-state index in [1.807, 2.05) is 30.5 Å². The van der Waals surface area contributed by atoms with E-state index in [4.69, 9.17) is 0 Å². The molecule has 1 aromatic rings. The van der Waals surface area contributed by atoms with Gasteiger partial charge in [0.25, 0.3) is 0 Å². The average molecular weight is 219 g/mol. The van der Waals surface area contributed by atoms with Crippen molar-refractivity contribution in [1.29, 1.82) is 0 Å². The average Bonchev–Trinajstić information content (AvgIpc) is 2.28. The molecule has 0 aromatic heterocycles. The first-order valence-electron chi connectivity index (χ1n) is 4.54. The fourth-order valence-electron chi connectivity index (χ4n) is 1.21. The quantitative estimate of drug-likeness (QED) is 0.562. The van der Waals surface area contributed by atoms with E-state index in [2.05, 4.69) is 11.8 Å². The maximum Gasteiger partial charge on any atom is 0.302 e. The molecule has 1 rings (SSSR count). The van der Waals surface area contributed by atoms with E-state index in [9.17, 15) is 4.79 Å². The Labute approximate surface area is 94.7 Å². The third-order valence-electron chi connectivity index (χ3n) is 1.98. The Balaban J connectivity index is 3.03. The van der Waals surface area contributed by atoms with Gasteiger partial charge in [0.2, 0.25) is 0 Å². The second kappa shape index (κ2) is 5.47. The Kier molecular flexibility index (Phi) is 4.26. The second-order valence-corrected chi connectivity index (χ2v) is 3.76. The second-order valence-electron chi connectivity index (χ2n) is 2.91. The molecule has 2 nitrogen and oxygen atoms in total. The summed E-state index contributed by atoms with van der Waals surface area (Å²) in [6.45, 7) is 1.66. The van der Waals surface area contributed by atoms with Crippen LogP contribution in [0.5, 0.6) is 0 Å². The van der Waals surface area contributed by atoms with Crippen molar-refractivity contribution in [2.75, 3.05) is 18.2 Å². The zero-order chi connectivity index (χ0) is 11.3. The number of carbonyl (C=O) groups excluding carboxylic acids is 1. The van der Waals surface area contributed by atoms with Crippen molar-refractivity contribution in [3.63, 3.8) is 0 Å². The van der Waals surface area contributed by atoms with E-state index in [1.54, 1.807) is 30.6 Å². The standard InChI is InChI=1S/C12H13NOS/c1-4-7-12(14)13(2)10-8-5-6-9-11(10)15-3/h5-6,8-9H,1-3H3. The predicted octanol–water partition coefficient (Wildman–Crippen LogP) is 2.39. The summed E-state index contributed by atoms with van der Waals surface area (Å²) in [5.74, 6) is 4.95. The highest BCUT2D eigenvalue weighted by Crippen LogP contribution is 2.27. The van der Waals surface area contributed by atoms with Gasteiger partial charge in [-0.3, -0.25) is 4.79 Å². The molecule has 0 bridgehead atoms. The van der Waals surface area contributed by atoms with Gasteiger partial charge in [0.05, 0.1) is 5.69 Å². The summed E-state index contributed by atoms with van der Waals surface area (Å²) in [5.41, 5.74) is 0.901. The van der Waals surface area contributed by atoms with Crippen molar-refractivity contribution in [2.24, 2.45) is 0 Å². The Bertz CT molecular complexity index is 417. The van der Waals surface area contributed by atoms with Crippen molar-refractivity contribution in [1.82, 2.24) is 0 Å². The van der Waals surface area contributed by atoms with E-state index in [1.165, 1.54) is 0 Å². The Morgan fingerprint density at radius 3 is 2.67 bits per heavy atom. The maximum atomic E-state index is 11.6. The molecule has 0 aliphatic heterocycles. The van der Waals surface area contributed by atoms with E-state index < -0.39 is 0 Å². The van der Waals surface area contributed by atoms with Gasteiger partial charge < -0.3 is 4.90 Å². The first-order chi connectivity index (χ1) is 7.20. The molecule has 0 aliphatic carbocycles. The van der Waals surface area contributed by atoms with Crippen LogP contribution in [0.2, 0.25) is 0 Å². The number of para-hydroxylation sites is 1. The van der Waals surface area contributed by atoms with Gasteiger partial charge in [-0.1, -0.05) is 18.1 Å². The molecule has 0 saturated heterocycles. The zero-order valence-corrected chi connectivity index (χ0v) is 9.89. The van der Waals surface area contributed by atoms with Gasteiger partial charge in [0.1, 0.15) is 0 Å². The number of thioether (sulfide) groups is 1. The summed E-state index contributed by atoms with van der Waals surface area (Å²) in [7, 11) is 1.74. The molecule has 0 aliphatic rings. The molecule has 0 radical (unpaired) electrons. The van der Waals surface area contributed by atoms with Crippen LogP contribution in [0.25, 0.3) is 0 Å². The summed E-state index contributed by atoms with van der Waals surface area (Å²) >= 11 is 1.62. The van der Waals surface area contributed by atoms with Gasteiger partial charge in [0, 0.05) is 11.9 Å². The largest absolute Gasteiger partial charge is 0.304 e. The van der Waals surface area contributed by atoms with Crippen LogP contribution in [-0.4, -0.2) is 19.2 Å². The van der Waals surface area contributed by atoms with Crippen molar-refractivity contribution in [3.05, 3.63) is 24.3 Å². The molecule has 0 spiro atoms. The summed E-state index contributed by atoms with van der Waals surface area (Å²) in [6.07, 6.45) is 1.99. The minimum atomic E-state index is -0.181. The number of amides is 1. The number of hydrogen-bond donors (Lipinski definition) is 0. The first kappa shape index (κ1) is 11.7. The fourth-order valence-corrected chi connectivity index (χ4v) is 1.84. The van der Waals surface area contributed by atoms with Gasteiger partial charge in [-0.2, -0.15) is 0 Å². The zero-order valence-electron chi connectivity index (χ0n) is 9.07. The van der Waals surface area contributed by atoms with E-state index in [0.29, 0.717) is 0 Å². The Morgan fingerprint density at radius 2 is 2.07 bits per heavy atom. The molecule has 0 unspecified atom stereocenters. The highest BCUT2D eigenvalue weighted by molar-refractivity contribution is 7.98. The molecule has 78 valence electrons. The van der Waals surface area contributed by atoms with Gasteiger partial charge >= 0.3 is 5.91 Å². The van der Waals surface area contributed by atoms with Crippen LogP contribution in [0.3, 0.4) is 0 Å². The van der Waals surface area contributed by atoms with Gasteiger partial charge in [-0.05, 0) is 31.2 Å². The number of carbonyl (C=O) groups is 1. The topological polar surface area (TPSA) is 20.3 Å². The molecule has 15 heavy (non-hydrogen) atoms. The molecule has 0 fully saturated rings. The monoisotopic (exact) mass is 219 g/mol. The van der Waals surface area contributed by atoms with E-state index in [0.717, 1.165) is 10.6 Å². The summed E-state index contributed by atoms with van der Waals surface area (Å²) in [5, 5.41) is 0. The maximum absolute atomic E-state index is 11.6. The SMILES string of the molecule is CC#CC(=O)N(C)c1ccccc1SC.